The zero-order valence-electron chi connectivity index (χ0n) is 18.7. The van der Waals surface area contributed by atoms with Crippen LogP contribution < -0.4 is 19.7 Å². The van der Waals surface area contributed by atoms with Gasteiger partial charge in [-0.05, 0) is 24.3 Å². The third-order valence-corrected chi connectivity index (χ3v) is 5.14. The molecule has 0 atom stereocenters. The maximum absolute atomic E-state index is 13.2. The summed E-state index contributed by atoms with van der Waals surface area (Å²) >= 11 is 0. The van der Waals surface area contributed by atoms with Crippen molar-refractivity contribution in [2.45, 2.75) is 12.6 Å². The number of carbonyl (C=O) groups is 2. The van der Waals surface area contributed by atoms with Crippen molar-refractivity contribution < 1.29 is 41.7 Å². The highest BCUT2D eigenvalue weighted by Crippen LogP contribution is 2.35. The number of hydrogen-bond donors (Lipinski definition) is 1. The predicted octanol–water partition coefficient (Wildman–Crippen LogP) is 3.28. The van der Waals surface area contributed by atoms with E-state index in [0.29, 0.717) is 49.1 Å². The van der Waals surface area contributed by atoms with Crippen LogP contribution in [0.15, 0.2) is 36.4 Å². The molecule has 1 N–H and O–H groups in total. The minimum atomic E-state index is -4.58. The number of morpholine rings is 1. The molecule has 1 saturated heterocycles. The average molecular weight is 482 g/mol. The van der Waals surface area contributed by atoms with Gasteiger partial charge in [-0.3, -0.25) is 9.59 Å². The van der Waals surface area contributed by atoms with Crippen LogP contribution in [0.1, 0.15) is 11.1 Å². The minimum Gasteiger partial charge on any atom is -0.497 e. The molecule has 3 rings (SSSR count). The van der Waals surface area contributed by atoms with Gasteiger partial charge >= 0.3 is 12.1 Å². The van der Waals surface area contributed by atoms with Crippen molar-refractivity contribution in [3.05, 3.63) is 47.5 Å². The van der Waals surface area contributed by atoms with E-state index in [4.69, 9.17) is 18.9 Å². The number of carbonyl (C=O) groups excluding carboxylic acids is 2. The number of nitrogens with one attached hydrogen (secondary N) is 1. The van der Waals surface area contributed by atoms with Crippen molar-refractivity contribution in [3.63, 3.8) is 0 Å². The first-order chi connectivity index (χ1) is 16.2. The van der Waals surface area contributed by atoms with E-state index >= 15 is 0 Å². The van der Waals surface area contributed by atoms with Crippen LogP contribution >= 0.6 is 0 Å². The molecule has 8 nitrogen and oxygen atoms in total. The number of esters is 1. The Bertz CT molecular complexity index is 1020. The third-order valence-electron chi connectivity index (χ3n) is 5.14. The smallest absolute Gasteiger partial charge is 0.416 e. The van der Waals surface area contributed by atoms with Crippen molar-refractivity contribution in [1.82, 2.24) is 0 Å². The van der Waals surface area contributed by atoms with Crippen molar-refractivity contribution in [2.24, 2.45) is 0 Å². The monoisotopic (exact) mass is 482 g/mol. The lowest BCUT2D eigenvalue weighted by molar-refractivity contribution is -0.146. The Morgan fingerprint density at radius 2 is 1.79 bits per heavy atom. The Morgan fingerprint density at radius 3 is 2.44 bits per heavy atom. The molecule has 0 aromatic heterocycles. The van der Waals surface area contributed by atoms with E-state index in [9.17, 15) is 22.8 Å². The van der Waals surface area contributed by atoms with Crippen LogP contribution in [0.5, 0.6) is 11.5 Å². The molecule has 11 heteroatoms. The van der Waals surface area contributed by atoms with Crippen LogP contribution in [-0.4, -0.2) is 59.0 Å². The fourth-order valence-corrected chi connectivity index (χ4v) is 3.43. The lowest BCUT2D eigenvalue weighted by Gasteiger charge is -2.31. The number of rotatable bonds is 8. The first kappa shape index (κ1) is 25.2. The molecule has 34 heavy (non-hydrogen) atoms. The van der Waals surface area contributed by atoms with Gasteiger partial charge < -0.3 is 29.2 Å². The second-order valence-corrected chi connectivity index (χ2v) is 7.39. The first-order valence-corrected chi connectivity index (χ1v) is 10.4. The lowest BCUT2D eigenvalue weighted by Crippen LogP contribution is -2.37. The largest absolute Gasteiger partial charge is 0.497 e. The summed E-state index contributed by atoms with van der Waals surface area (Å²) in [5.41, 5.74) is 0.0399. The van der Waals surface area contributed by atoms with Crippen LogP contribution in [0.3, 0.4) is 0 Å². The highest BCUT2D eigenvalue weighted by Gasteiger charge is 2.32. The quantitative estimate of drug-likeness (QED) is 0.578. The molecule has 0 bridgehead atoms. The van der Waals surface area contributed by atoms with Crippen molar-refractivity contribution in [2.75, 3.05) is 57.3 Å². The lowest BCUT2D eigenvalue weighted by atomic mass is 10.1. The van der Waals surface area contributed by atoms with E-state index in [1.54, 1.807) is 18.2 Å². The predicted molar refractivity (Wildman–Crippen MR) is 117 cm³/mol. The Balaban J connectivity index is 1.66. The Hall–Kier alpha value is -3.47. The molecule has 184 valence electrons. The average Bonchev–Trinajstić information content (AvgIpc) is 2.83. The Labute approximate surface area is 194 Å². The van der Waals surface area contributed by atoms with E-state index < -0.39 is 30.2 Å². The standard InChI is InChI=1S/C23H25F3N2O6/c1-31-17-5-3-15(20(13-17)32-2)11-22(30)34-14-21(29)27-18-12-16(23(24,25)26)4-6-19(18)28-7-9-33-10-8-28/h3-6,12-13H,7-11,14H2,1-2H3,(H,27,29). The van der Waals surface area contributed by atoms with E-state index in [2.05, 4.69) is 5.32 Å². The van der Waals surface area contributed by atoms with Gasteiger partial charge in [0.15, 0.2) is 6.61 Å². The summed E-state index contributed by atoms with van der Waals surface area (Å²) in [5.74, 6) is -0.495. The van der Waals surface area contributed by atoms with Gasteiger partial charge in [0.25, 0.3) is 5.91 Å². The van der Waals surface area contributed by atoms with Gasteiger partial charge in [-0.1, -0.05) is 6.07 Å². The number of halogens is 3. The molecule has 0 saturated carbocycles. The van der Waals surface area contributed by atoms with E-state index in [1.807, 2.05) is 4.90 Å². The van der Waals surface area contributed by atoms with E-state index in [1.165, 1.54) is 20.3 Å². The Kier molecular flexibility index (Phi) is 8.21. The molecule has 1 fully saturated rings. The molecule has 1 heterocycles. The summed E-state index contributed by atoms with van der Waals surface area (Å²) in [7, 11) is 2.94. The fourth-order valence-electron chi connectivity index (χ4n) is 3.43. The van der Waals surface area contributed by atoms with Gasteiger partial charge in [-0.2, -0.15) is 13.2 Å². The summed E-state index contributed by atoms with van der Waals surface area (Å²) in [5, 5.41) is 2.44. The van der Waals surface area contributed by atoms with Crippen molar-refractivity contribution in [3.8, 4) is 11.5 Å². The van der Waals surface area contributed by atoms with E-state index in [0.717, 1.165) is 12.1 Å². The number of benzene rings is 2. The maximum atomic E-state index is 13.2. The molecule has 0 spiro atoms. The van der Waals surface area contributed by atoms with Crippen molar-refractivity contribution >= 4 is 23.3 Å². The SMILES string of the molecule is COc1ccc(CC(=O)OCC(=O)Nc2cc(C(F)(F)F)ccc2N2CCOCC2)c(OC)c1. The number of nitrogens with zero attached hydrogens (tertiary/aromatic N) is 1. The van der Waals surface area contributed by atoms with Crippen LogP contribution in [0, 0.1) is 0 Å². The van der Waals surface area contributed by atoms with Gasteiger partial charge in [-0.15, -0.1) is 0 Å². The fraction of sp³-hybridized carbons (Fsp3) is 0.391. The molecule has 0 radical (unpaired) electrons. The van der Waals surface area contributed by atoms with Gasteiger partial charge in [0.2, 0.25) is 0 Å². The second kappa shape index (κ2) is 11.1. The topological polar surface area (TPSA) is 86.3 Å². The normalized spacial score (nSPS) is 13.9. The van der Waals surface area contributed by atoms with Crippen LogP contribution in [0.4, 0.5) is 24.5 Å². The van der Waals surface area contributed by atoms with Gasteiger partial charge in [0.05, 0.1) is 50.8 Å². The first-order valence-electron chi connectivity index (χ1n) is 10.4. The molecule has 2 aromatic carbocycles. The molecular weight excluding hydrogens is 457 g/mol. The molecular formula is C23H25F3N2O6. The summed E-state index contributed by atoms with van der Waals surface area (Å²) < 4.78 is 60.3. The van der Waals surface area contributed by atoms with Gasteiger partial charge in [0.1, 0.15) is 11.5 Å². The summed E-state index contributed by atoms with van der Waals surface area (Å²) in [6, 6.07) is 8.03. The second-order valence-electron chi connectivity index (χ2n) is 7.39. The highest BCUT2D eigenvalue weighted by molar-refractivity contribution is 5.96. The van der Waals surface area contributed by atoms with Crippen LogP contribution in [-0.2, 0) is 31.7 Å². The zero-order chi connectivity index (χ0) is 24.7. The zero-order valence-corrected chi connectivity index (χ0v) is 18.7. The van der Waals surface area contributed by atoms with Crippen LogP contribution in [0.25, 0.3) is 0 Å². The van der Waals surface area contributed by atoms with Gasteiger partial charge in [-0.25, -0.2) is 0 Å². The number of alkyl halides is 3. The third kappa shape index (κ3) is 6.53. The van der Waals surface area contributed by atoms with E-state index in [-0.39, 0.29) is 12.1 Å². The van der Waals surface area contributed by atoms with Crippen molar-refractivity contribution in [1.29, 1.82) is 0 Å². The summed E-state index contributed by atoms with van der Waals surface area (Å²) in [6.45, 7) is 1.11. The number of methoxy groups -OCH3 is 2. The summed E-state index contributed by atoms with van der Waals surface area (Å²) in [4.78, 5) is 26.5. The molecule has 1 amide bonds. The molecule has 0 aliphatic carbocycles. The summed E-state index contributed by atoms with van der Waals surface area (Å²) in [6.07, 6.45) is -4.74. The molecule has 2 aromatic rings. The number of amides is 1. The molecule has 1 aliphatic heterocycles. The highest BCUT2D eigenvalue weighted by atomic mass is 19.4. The number of anilines is 2. The maximum Gasteiger partial charge on any atom is 0.416 e. The molecule has 0 unspecified atom stereocenters. The van der Waals surface area contributed by atoms with Gasteiger partial charge in [0, 0.05) is 24.7 Å². The molecule has 1 aliphatic rings. The Morgan fingerprint density at radius 1 is 1.06 bits per heavy atom. The number of ether oxygens (including phenoxy) is 4. The minimum absolute atomic E-state index is 0.0189. The van der Waals surface area contributed by atoms with Crippen LogP contribution in [0.2, 0.25) is 0 Å². The number of hydrogen-bond acceptors (Lipinski definition) is 7.